The van der Waals surface area contributed by atoms with Crippen molar-refractivity contribution in [2.75, 3.05) is 13.7 Å². The zero-order chi connectivity index (χ0) is 16.7. The number of nitrogens with one attached hydrogen (secondary N) is 1. The lowest BCUT2D eigenvalue weighted by molar-refractivity contribution is -0.127. The molecule has 0 unspecified atom stereocenters. The summed E-state index contributed by atoms with van der Waals surface area (Å²) in [6.45, 7) is 0.763. The Balaban J connectivity index is 1.64. The second-order valence-electron chi connectivity index (χ2n) is 7.52. The van der Waals surface area contributed by atoms with Gasteiger partial charge in [-0.15, -0.1) is 0 Å². The molecule has 1 N–H and O–H groups in total. The molecule has 0 bridgehead atoms. The average Bonchev–Trinajstić information content (AvgIpc) is 2.81. The number of hydrogen-bond donors (Lipinski definition) is 1. The molecule has 4 rings (SSSR count). The van der Waals surface area contributed by atoms with Gasteiger partial charge in [-0.2, -0.15) is 0 Å². The number of fused-ring (bicyclic) bond motifs is 1. The number of carbonyl (C=O) groups excluding carboxylic acids is 1. The number of aromatic nitrogens is 1. The first kappa shape index (κ1) is 15.6. The summed E-state index contributed by atoms with van der Waals surface area (Å²) in [7, 11) is 3.80. The van der Waals surface area contributed by atoms with Gasteiger partial charge in [0.25, 0.3) is 0 Å². The molecule has 2 fully saturated rings. The first-order chi connectivity index (χ1) is 11.6. The first-order valence-corrected chi connectivity index (χ1v) is 9.04. The third kappa shape index (κ3) is 2.40. The Morgan fingerprint density at radius 3 is 2.71 bits per heavy atom. The van der Waals surface area contributed by atoms with Gasteiger partial charge < -0.3 is 14.6 Å². The number of methoxy groups -OCH3 is 1. The number of amides is 1. The van der Waals surface area contributed by atoms with Crippen molar-refractivity contribution in [2.45, 2.75) is 43.9 Å². The fraction of sp³-hybridized carbons (Fsp3) is 0.550. The minimum absolute atomic E-state index is 0.0886. The van der Waals surface area contributed by atoms with Crippen LogP contribution in [0.3, 0.4) is 0 Å². The van der Waals surface area contributed by atoms with E-state index in [1.807, 2.05) is 6.07 Å². The predicted molar refractivity (Wildman–Crippen MR) is 95.4 cm³/mol. The average molecular weight is 326 g/mol. The van der Waals surface area contributed by atoms with E-state index in [2.05, 4.69) is 35.3 Å². The van der Waals surface area contributed by atoms with Crippen LogP contribution in [0.25, 0.3) is 10.9 Å². The Morgan fingerprint density at radius 2 is 2.12 bits per heavy atom. The lowest BCUT2D eigenvalue weighted by atomic mass is 9.64. The van der Waals surface area contributed by atoms with E-state index in [0.29, 0.717) is 0 Å². The van der Waals surface area contributed by atoms with Crippen LogP contribution in [0.4, 0.5) is 0 Å². The number of ether oxygens (including phenoxy) is 1. The second kappa shape index (κ2) is 5.83. The van der Waals surface area contributed by atoms with Crippen LogP contribution in [0.5, 0.6) is 5.75 Å². The number of carbonyl (C=O) groups is 1. The maximum absolute atomic E-state index is 12.3. The predicted octanol–water partition coefficient (Wildman–Crippen LogP) is 3.52. The van der Waals surface area contributed by atoms with Crippen LogP contribution in [-0.4, -0.2) is 24.1 Å². The minimum atomic E-state index is 0.0886. The van der Waals surface area contributed by atoms with Crippen LogP contribution in [0.2, 0.25) is 0 Å². The number of nitrogens with zero attached hydrogens (tertiary/aromatic N) is 1. The molecule has 0 atom stereocenters. The molecule has 1 amide bonds. The van der Waals surface area contributed by atoms with Crippen LogP contribution >= 0.6 is 0 Å². The van der Waals surface area contributed by atoms with Crippen LogP contribution < -0.4 is 10.1 Å². The molecule has 1 aromatic heterocycles. The molecule has 0 saturated heterocycles. The molecular weight excluding hydrogens is 300 g/mol. The quantitative estimate of drug-likeness (QED) is 0.913. The maximum Gasteiger partial charge on any atom is 0.223 e. The highest BCUT2D eigenvalue weighted by Gasteiger charge is 2.41. The van der Waals surface area contributed by atoms with E-state index in [4.69, 9.17) is 4.74 Å². The monoisotopic (exact) mass is 326 g/mol. The first-order valence-electron chi connectivity index (χ1n) is 9.04. The van der Waals surface area contributed by atoms with E-state index < -0.39 is 0 Å². The highest BCUT2D eigenvalue weighted by molar-refractivity contribution is 5.87. The van der Waals surface area contributed by atoms with E-state index in [-0.39, 0.29) is 17.2 Å². The van der Waals surface area contributed by atoms with Crippen molar-refractivity contribution in [3.05, 3.63) is 30.0 Å². The summed E-state index contributed by atoms with van der Waals surface area (Å²) in [5, 5.41) is 4.51. The highest BCUT2D eigenvalue weighted by atomic mass is 16.5. The SMILES string of the molecule is COc1ccc2c(c1)c(C1(CNC(=O)C3CCC3)CCC1)cn2C. The molecule has 0 spiro atoms. The third-order valence-electron chi connectivity index (χ3n) is 6.16. The fourth-order valence-corrected chi connectivity index (χ4v) is 4.14. The number of rotatable bonds is 5. The summed E-state index contributed by atoms with van der Waals surface area (Å²) < 4.78 is 7.62. The van der Waals surface area contributed by atoms with Gasteiger partial charge in [0.2, 0.25) is 5.91 Å². The summed E-state index contributed by atoms with van der Waals surface area (Å²) >= 11 is 0. The Kier molecular flexibility index (Phi) is 3.78. The van der Waals surface area contributed by atoms with E-state index in [9.17, 15) is 4.79 Å². The molecule has 1 aromatic carbocycles. The van der Waals surface area contributed by atoms with Crippen molar-refractivity contribution in [2.24, 2.45) is 13.0 Å². The Labute approximate surface area is 143 Å². The summed E-state index contributed by atoms with van der Waals surface area (Å²) in [6, 6.07) is 6.27. The maximum atomic E-state index is 12.3. The lowest BCUT2D eigenvalue weighted by Crippen LogP contribution is -2.47. The van der Waals surface area contributed by atoms with Gasteiger partial charge in [0.05, 0.1) is 7.11 Å². The van der Waals surface area contributed by atoms with Gasteiger partial charge in [-0.05, 0) is 49.4 Å². The molecule has 128 valence electrons. The molecule has 2 aliphatic rings. The van der Waals surface area contributed by atoms with Crippen molar-refractivity contribution in [1.82, 2.24) is 9.88 Å². The standard InChI is InChI=1S/C20H26N2O2/c1-22-12-17(16-11-15(24-2)7-8-18(16)22)20(9-4-10-20)13-21-19(23)14-5-3-6-14/h7-8,11-12,14H,3-6,9-10,13H2,1-2H3,(H,21,23). The van der Waals surface area contributed by atoms with E-state index in [1.54, 1.807) is 7.11 Å². The summed E-state index contributed by atoms with van der Waals surface area (Å²) in [6.07, 6.45) is 9.10. The summed E-state index contributed by atoms with van der Waals surface area (Å²) in [5.41, 5.74) is 2.67. The molecule has 4 heteroatoms. The van der Waals surface area contributed by atoms with E-state index in [1.165, 1.54) is 29.3 Å². The van der Waals surface area contributed by atoms with Gasteiger partial charge >= 0.3 is 0 Å². The zero-order valence-corrected chi connectivity index (χ0v) is 14.6. The van der Waals surface area contributed by atoms with Crippen LogP contribution in [0.1, 0.15) is 44.1 Å². The summed E-state index contributed by atoms with van der Waals surface area (Å²) in [4.78, 5) is 12.3. The molecule has 1 heterocycles. The van der Waals surface area contributed by atoms with Gasteiger partial charge in [0, 0.05) is 42.0 Å². The lowest BCUT2D eigenvalue weighted by Gasteiger charge is -2.42. The Morgan fingerprint density at radius 1 is 1.33 bits per heavy atom. The van der Waals surface area contributed by atoms with Crippen molar-refractivity contribution >= 4 is 16.8 Å². The zero-order valence-electron chi connectivity index (χ0n) is 14.6. The Hall–Kier alpha value is -1.97. The van der Waals surface area contributed by atoms with E-state index >= 15 is 0 Å². The normalized spacial score (nSPS) is 19.6. The minimum Gasteiger partial charge on any atom is -0.497 e. The van der Waals surface area contributed by atoms with Gasteiger partial charge in [0.1, 0.15) is 5.75 Å². The fourth-order valence-electron chi connectivity index (χ4n) is 4.14. The van der Waals surface area contributed by atoms with E-state index in [0.717, 1.165) is 38.0 Å². The van der Waals surface area contributed by atoms with Crippen LogP contribution in [-0.2, 0) is 17.3 Å². The van der Waals surface area contributed by atoms with Gasteiger partial charge in [-0.3, -0.25) is 4.79 Å². The molecule has 0 radical (unpaired) electrons. The van der Waals surface area contributed by atoms with Crippen molar-refractivity contribution in [3.8, 4) is 5.75 Å². The molecule has 2 aliphatic carbocycles. The number of hydrogen-bond acceptors (Lipinski definition) is 2. The third-order valence-corrected chi connectivity index (χ3v) is 6.16. The van der Waals surface area contributed by atoms with Crippen LogP contribution in [0, 0.1) is 5.92 Å². The van der Waals surface area contributed by atoms with Crippen molar-refractivity contribution in [3.63, 3.8) is 0 Å². The summed E-state index contributed by atoms with van der Waals surface area (Å²) in [5.74, 6) is 1.41. The molecule has 2 aromatic rings. The topological polar surface area (TPSA) is 43.3 Å². The van der Waals surface area contributed by atoms with Crippen molar-refractivity contribution < 1.29 is 9.53 Å². The number of aryl methyl sites for hydroxylation is 1. The van der Waals surface area contributed by atoms with Crippen LogP contribution in [0.15, 0.2) is 24.4 Å². The molecule has 4 nitrogen and oxygen atoms in total. The molecule has 2 saturated carbocycles. The Bertz CT molecular complexity index is 769. The van der Waals surface area contributed by atoms with Crippen molar-refractivity contribution in [1.29, 1.82) is 0 Å². The van der Waals surface area contributed by atoms with Gasteiger partial charge in [0.15, 0.2) is 0 Å². The highest BCUT2D eigenvalue weighted by Crippen LogP contribution is 2.47. The smallest absolute Gasteiger partial charge is 0.223 e. The molecular formula is C20H26N2O2. The van der Waals surface area contributed by atoms with Gasteiger partial charge in [-0.1, -0.05) is 12.8 Å². The second-order valence-corrected chi connectivity index (χ2v) is 7.52. The number of benzene rings is 1. The molecule has 0 aliphatic heterocycles. The van der Waals surface area contributed by atoms with Gasteiger partial charge in [-0.25, -0.2) is 0 Å². The largest absolute Gasteiger partial charge is 0.497 e. The molecule has 24 heavy (non-hydrogen) atoms.